The van der Waals surface area contributed by atoms with Crippen LogP contribution < -0.4 is 0 Å². The van der Waals surface area contributed by atoms with Crippen molar-refractivity contribution in [1.29, 1.82) is 0 Å². The molecule has 2 atom stereocenters. The molecule has 1 aromatic rings. The Labute approximate surface area is 134 Å². The zero-order valence-electron chi connectivity index (χ0n) is 12.7. The summed E-state index contributed by atoms with van der Waals surface area (Å²) in [6, 6.07) is 7.56. The molecule has 1 heterocycles. The normalized spacial score (nSPS) is 21.2. The average molecular weight is 341 g/mol. The van der Waals surface area contributed by atoms with E-state index in [1.165, 1.54) is 6.92 Å². The third-order valence-corrected chi connectivity index (χ3v) is 6.12. The van der Waals surface area contributed by atoms with Crippen LogP contribution in [0.1, 0.15) is 18.9 Å². The van der Waals surface area contributed by atoms with Crippen molar-refractivity contribution < 1.29 is 27.9 Å². The molecule has 23 heavy (non-hydrogen) atoms. The lowest BCUT2D eigenvalue weighted by molar-refractivity contribution is -0.141. The summed E-state index contributed by atoms with van der Waals surface area (Å²) in [5.41, 5.74) is 0.768. The lowest BCUT2D eigenvalue weighted by Crippen LogP contribution is -2.47. The second kappa shape index (κ2) is 6.99. The molecular weight excluding hydrogens is 322 g/mol. The molecular formula is C15H19NO6S. The number of ether oxygens (including phenoxy) is 1. The van der Waals surface area contributed by atoms with E-state index in [1.807, 2.05) is 6.07 Å². The van der Waals surface area contributed by atoms with Crippen molar-refractivity contribution in [2.45, 2.75) is 31.2 Å². The van der Waals surface area contributed by atoms with Crippen LogP contribution in [-0.2, 0) is 26.0 Å². The van der Waals surface area contributed by atoms with Gasteiger partial charge in [-0.2, -0.15) is 0 Å². The number of carboxylic acids is 1. The number of carbonyl (C=O) groups is 2. The molecule has 0 aliphatic carbocycles. The zero-order chi connectivity index (χ0) is 17.0. The largest absolute Gasteiger partial charge is 0.480 e. The fraction of sp³-hybridized carbons (Fsp3) is 0.467. The van der Waals surface area contributed by atoms with E-state index < -0.39 is 33.2 Å². The number of hydrogen-bond donors (Lipinski definition) is 1. The van der Waals surface area contributed by atoms with Crippen molar-refractivity contribution >= 4 is 21.9 Å². The molecule has 0 saturated carbocycles. The Hall–Kier alpha value is -2.09. The molecule has 1 aromatic carbocycles. The molecule has 1 amide bonds. The minimum atomic E-state index is -3.56. The third-order valence-electron chi connectivity index (χ3n) is 3.90. The first kappa shape index (κ1) is 17.3. The maximum Gasteiger partial charge on any atom is 0.410 e. The van der Waals surface area contributed by atoms with Crippen LogP contribution >= 0.6 is 0 Å². The van der Waals surface area contributed by atoms with E-state index in [2.05, 4.69) is 0 Å². The van der Waals surface area contributed by atoms with Crippen LogP contribution in [0, 0.1) is 0 Å². The number of sulfone groups is 1. The fourth-order valence-electron chi connectivity index (χ4n) is 2.65. The van der Waals surface area contributed by atoms with Crippen LogP contribution in [0.3, 0.4) is 0 Å². The number of nitrogens with zero attached hydrogens (tertiary/aromatic N) is 1. The summed E-state index contributed by atoms with van der Waals surface area (Å²) < 4.78 is 29.2. The molecule has 0 aromatic heterocycles. The average Bonchev–Trinajstić information content (AvgIpc) is 2.99. The van der Waals surface area contributed by atoms with Gasteiger partial charge in [0.05, 0.1) is 5.25 Å². The van der Waals surface area contributed by atoms with E-state index in [0.29, 0.717) is 0 Å². The van der Waals surface area contributed by atoms with E-state index in [9.17, 15) is 23.1 Å². The number of benzene rings is 1. The Morgan fingerprint density at radius 1 is 1.30 bits per heavy atom. The number of carboxylic acid groups (broad SMARTS) is 1. The molecule has 8 heteroatoms. The van der Waals surface area contributed by atoms with Crippen molar-refractivity contribution in [2.24, 2.45) is 0 Å². The van der Waals surface area contributed by atoms with Gasteiger partial charge in [-0.1, -0.05) is 37.3 Å². The van der Waals surface area contributed by atoms with Gasteiger partial charge in [-0.25, -0.2) is 18.0 Å². The topological polar surface area (TPSA) is 101 Å². The first-order valence-electron chi connectivity index (χ1n) is 7.28. The number of aliphatic carboxylic acids is 1. The van der Waals surface area contributed by atoms with Gasteiger partial charge < -0.3 is 9.84 Å². The minimum Gasteiger partial charge on any atom is -0.480 e. The van der Waals surface area contributed by atoms with Gasteiger partial charge in [0, 0.05) is 12.3 Å². The summed E-state index contributed by atoms with van der Waals surface area (Å²) >= 11 is 0. The number of likely N-dealkylation sites (tertiary alicyclic amines) is 1. The molecule has 1 fully saturated rings. The molecule has 1 aliphatic rings. The highest BCUT2D eigenvalue weighted by molar-refractivity contribution is 7.92. The maximum atomic E-state index is 12.1. The van der Waals surface area contributed by atoms with Crippen molar-refractivity contribution in [1.82, 2.24) is 4.90 Å². The second-order valence-electron chi connectivity index (χ2n) is 5.30. The number of hydrogen-bond acceptors (Lipinski definition) is 5. The van der Waals surface area contributed by atoms with Crippen molar-refractivity contribution in [3.8, 4) is 0 Å². The molecule has 2 rings (SSSR count). The lowest BCUT2D eigenvalue weighted by atomic mass is 10.2. The summed E-state index contributed by atoms with van der Waals surface area (Å²) in [6.07, 6.45) is -0.705. The Balaban J connectivity index is 2.09. The van der Waals surface area contributed by atoms with E-state index in [1.54, 1.807) is 24.3 Å². The van der Waals surface area contributed by atoms with Crippen LogP contribution in [0.2, 0.25) is 0 Å². The summed E-state index contributed by atoms with van der Waals surface area (Å²) in [5, 5.41) is 8.24. The minimum absolute atomic E-state index is 0.00765. The highest BCUT2D eigenvalue weighted by atomic mass is 32.2. The standard InChI is InChI=1S/C15H19NO6S/c1-2-23(20,21)12-8-9-16(13(12)14(17)18)15(19)22-10-11-6-4-3-5-7-11/h3-7,12-13H,2,8-10H2,1H3,(H,17,18)/t12-,13-/m0/s1. The number of carbonyl (C=O) groups excluding carboxylic acids is 1. The van der Waals surface area contributed by atoms with E-state index in [-0.39, 0.29) is 25.3 Å². The Morgan fingerprint density at radius 3 is 2.52 bits per heavy atom. The van der Waals surface area contributed by atoms with Crippen molar-refractivity contribution in [2.75, 3.05) is 12.3 Å². The predicted octanol–water partition coefficient (Wildman–Crippen LogP) is 1.29. The summed E-state index contributed by atoms with van der Waals surface area (Å²) in [7, 11) is -3.56. The van der Waals surface area contributed by atoms with Crippen LogP contribution in [0.5, 0.6) is 0 Å². The van der Waals surface area contributed by atoms with Gasteiger partial charge in [0.2, 0.25) is 0 Å². The highest BCUT2D eigenvalue weighted by Crippen LogP contribution is 2.26. The molecule has 1 aliphatic heterocycles. The zero-order valence-corrected chi connectivity index (χ0v) is 13.5. The van der Waals surface area contributed by atoms with Crippen LogP contribution in [-0.4, -0.2) is 54.1 Å². The molecule has 7 nitrogen and oxygen atoms in total. The van der Waals surface area contributed by atoms with Crippen LogP contribution in [0.15, 0.2) is 30.3 Å². The van der Waals surface area contributed by atoms with Crippen LogP contribution in [0.4, 0.5) is 4.79 Å². The smallest absolute Gasteiger partial charge is 0.410 e. The first-order valence-corrected chi connectivity index (χ1v) is 9.00. The van der Waals surface area contributed by atoms with Crippen molar-refractivity contribution in [3.63, 3.8) is 0 Å². The molecule has 0 bridgehead atoms. The molecule has 0 spiro atoms. The highest BCUT2D eigenvalue weighted by Gasteiger charge is 2.48. The molecule has 0 unspecified atom stereocenters. The molecule has 0 radical (unpaired) electrons. The Bertz CT molecular complexity index is 672. The van der Waals surface area contributed by atoms with Gasteiger partial charge in [-0.3, -0.25) is 4.90 Å². The first-order chi connectivity index (χ1) is 10.9. The van der Waals surface area contributed by atoms with Gasteiger partial charge in [0.25, 0.3) is 0 Å². The molecule has 1 N–H and O–H groups in total. The predicted molar refractivity (Wildman–Crippen MR) is 82.6 cm³/mol. The van der Waals surface area contributed by atoms with E-state index >= 15 is 0 Å². The van der Waals surface area contributed by atoms with Gasteiger partial charge in [-0.15, -0.1) is 0 Å². The van der Waals surface area contributed by atoms with Crippen molar-refractivity contribution in [3.05, 3.63) is 35.9 Å². The van der Waals surface area contributed by atoms with Gasteiger partial charge in [-0.05, 0) is 12.0 Å². The second-order valence-corrected chi connectivity index (χ2v) is 7.80. The Morgan fingerprint density at radius 2 is 1.96 bits per heavy atom. The maximum absolute atomic E-state index is 12.1. The molecule has 1 saturated heterocycles. The van der Waals surface area contributed by atoms with Gasteiger partial charge in [0.15, 0.2) is 9.84 Å². The van der Waals surface area contributed by atoms with Gasteiger partial charge in [0.1, 0.15) is 12.6 Å². The summed E-state index contributed by atoms with van der Waals surface area (Å²) in [4.78, 5) is 24.6. The summed E-state index contributed by atoms with van der Waals surface area (Å²) in [6.45, 7) is 1.52. The van der Waals surface area contributed by atoms with Gasteiger partial charge >= 0.3 is 12.1 Å². The quantitative estimate of drug-likeness (QED) is 0.866. The molecule has 126 valence electrons. The Kier molecular flexibility index (Phi) is 5.25. The number of amides is 1. The monoisotopic (exact) mass is 341 g/mol. The third kappa shape index (κ3) is 3.82. The van der Waals surface area contributed by atoms with Crippen LogP contribution in [0.25, 0.3) is 0 Å². The summed E-state index contributed by atoms with van der Waals surface area (Å²) in [5.74, 6) is -1.49. The van der Waals surface area contributed by atoms with E-state index in [4.69, 9.17) is 4.74 Å². The van der Waals surface area contributed by atoms with E-state index in [0.717, 1.165) is 10.5 Å². The number of rotatable bonds is 5. The SMILES string of the molecule is CCS(=O)(=O)[C@H]1CCN(C(=O)OCc2ccccc2)[C@@H]1C(=O)O. The fourth-order valence-corrected chi connectivity index (χ4v) is 4.20. The lowest BCUT2D eigenvalue weighted by Gasteiger charge is -2.23.